The Balaban J connectivity index is 1.63. The fourth-order valence-electron chi connectivity index (χ4n) is 4.12. The molecule has 2 amide bonds. The fraction of sp³-hybridized carbons (Fsp3) is 0.323. The lowest BCUT2D eigenvalue weighted by molar-refractivity contribution is -0.137. The van der Waals surface area contributed by atoms with Gasteiger partial charge in [0.2, 0.25) is 5.91 Å². The molecule has 0 unspecified atom stereocenters. The van der Waals surface area contributed by atoms with E-state index in [1.807, 2.05) is 91.5 Å². The lowest BCUT2D eigenvalue weighted by atomic mass is 10.0. The summed E-state index contributed by atoms with van der Waals surface area (Å²) in [6.45, 7) is 6.45. The number of ether oxygens (including phenoxy) is 1. The minimum absolute atomic E-state index is 0.00433. The maximum atomic E-state index is 13.4. The topological polar surface area (TPSA) is 95.9 Å². The Bertz CT molecular complexity index is 1240. The quantitative estimate of drug-likeness (QED) is 0.257. The summed E-state index contributed by atoms with van der Waals surface area (Å²) < 4.78 is 5.85. The van der Waals surface area contributed by atoms with Crippen molar-refractivity contribution in [1.82, 2.24) is 4.90 Å². The molecule has 0 aliphatic carbocycles. The average Bonchev–Trinajstić information content (AvgIpc) is 2.89. The van der Waals surface area contributed by atoms with E-state index in [0.717, 1.165) is 41.0 Å². The molecule has 0 fully saturated rings. The van der Waals surface area contributed by atoms with E-state index >= 15 is 0 Å². The number of aliphatic carboxylic acids is 1. The van der Waals surface area contributed by atoms with E-state index in [4.69, 9.17) is 9.84 Å². The number of hydrogen-bond donors (Lipinski definition) is 2. The van der Waals surface area contributed by atoms with Crippen LogP contribution in [0, 0.1) is 0 Å². The number of amides is 2. The van der Waals surface area contributed by atoms with Crippen LogP contribution in [0.15, 0.2) is 72.8 Å². The van der Waals surface area contributed by atoms with E-state index in [1.54, 1.807) is 0 Å². The first-order valence-electron chi connectivity index (χ1n) is 13.0. The number of carboxylic acids is 1. The van der Waals surface area contributed by atoms with Crippen LogP contribution in [0.2, 0.25) is 0 Å². The van der Waals surface area contributed by atoms with Crippen molar-refractivity contribution >= 4 is 23.5 Å². The highest BCUT2D eigenvalue weighted by atomic mass is 16.5. The maximum absolute atomic E-state index is 13.4. The number of nitrogens with one attached hydrogen (secondary N) is 1. The van der Waals surface area contributed by atoms with Gasteiger partial charge in [0.25, 0.3) is 5.91 Å². The summed E-state index contributed by atoms with van der Waals surface area (Å²) in [7, 11) is 0. The number of rotatable bonds is 13. The van der Waals surface area contributed by atoms with Crippen LogP contribution in [-0.2, 0) is 16.1 Å². The summed E-state index contributed by atoms with van der Waals surface area (Å²) in [4.78, 5) is 37.2. The summed E-state index contributed by atoms with van der Waals surface area (Å²) in [5.41, 5.74) is 4.22. The highest BCUT2D eigenvalue weighted by Gasteiger charge is 2.19. The second-order valence-electron chi connectivity index (χ2n) is 9.57. The second kappa shape index (κ2) is 14.0. The number of carboxylic acid groups (broad SMARTS) is 1. The summed E-state index contributed by atoms with van der Waals surface area (Å²) in [5, 5.41) is 11.5. The Labute approximate surface area is 224 Å². The van der Waals surface area contributed by atoms with E-state index in [2.05, 4.69) is 5.32 Å². The molecule has 0 bridgehead atoms. The second-order valence-corrected chi connectivity index (χ2v) is 9.57. The predicted octanol–water partition coefficient (Wildman–Crippen LogP) is 6.39. The van der Waals surface area contributed by atoms with Crippen LogP contribution in [0.25, 0.3) is 11.1 Å². The molecular formula is C31H36N2O5. The third-order valence-electron chi connectivity index (χ3n) is 6.09. The molecule has 0 atom stereocenters. The number of benzene rings is 3. The number of anilines is 1. The summed E-state index contributed by atoms with van der Waals surface area (Å²) in [6.07, 6.45) is 2.43. The predicted molar refractivity (Wildman–Crippen MR) is 149 cm³/mol. The molecule has 0 spiro atoms. The van der Waals surface area contributed by atoms with E-state index < -0.39 is 5.97 Å². The van der Waals surface area contributed by atoms with E-state index in [1.165, 1.54) is 6.92 Å². The van der Waals surface area contributed by atoms with E-state index in [9.17, 15) is 14.4 Å². The van der Waals surface area contributed by atoms with Crippen molar-refractivity contribution in [2.75, 3.05) is 11.9 Å². The molecule has 0 saturated carbocycles. The third kappa shape index (κ3) is 8.76. The van der Waals surface area contributed by atoms with Gasteiger partial charge in [0, 0.05) is 37.2 Å². The third-order valence-corrected chi connectivity index (χ3v) is 6.09. The zero-order valence-corrected chi connectivity index (χ0v) is 22.3. The van der Waals surface area contributed by atoms with Crippen molar-refractivity contribution in [2.24, 2.45) is 0 Å². The average molecular weight is 517 g/mol. The number of carbonyl (C=O) groups excluding carboxylic acids is 2. The Morgan fingerprint density at radius 1 is 0.895 bits per heavy atom. The fourth-order valence-corrected chi connectivity index (χ4v) is 4.12. The van der Waals surface area contributed by atoms with Crippen LogP contribution in [0.4, 0.5) is 5.69 Å². The van der Waals surface area contributed by atoms with Gasteiger partial charge in [-0.2, -0.15) is 0 Å². The van der Waals surface area contributed by atoms with Gasteiger partial charge in [-0.05, 0) is 86.2 Å². The SMILES string of the molecule is CC(=O)Nc1cccc(-c2ccc(C(=O)N(Cc3cccc(OCCCCCC(=O)O)c3)C(C)C)cc2)c1. The van der Waals surface area contributed by atoms with Crippen LogP contribution in [0.3, 0.4) is 0 Å². The minimum Gasteiger partial charge on any atom is -0.494 e. The molecule has 200 valence electrons. The lowest BCUT2D eigenvalue weighted by Crippen LogP contribution is -2.36. The zero-order chi connectivity index (χ0) is 27.5. The highest BCUT2D eigenvalue weighted by Crippen LogP contribution is 2.24. The first-order chi connectivity index (χ1) is 18.2. The molecule has 0 heterocycles. The van der Waals surface area contributed by atoms with E-state index in [0.29, 0.717) is 25.1 Å². The van der Waals surface area contributed by atoms with Gasteiger partial charge in [0.1, 0.15) is 5.75 Å². The standard InChI is InChI=1S/C31H36N2O5/c1-22(2)33(21-24-9-7-12-29(19-24)38-18-6-4-5-13-30(35)36)31(37)26-16-14-25(15-17-26)27-10-8-11-28(20-27)32-23(3)34/h7-12,14-17,19-20,22H,4-6,13,18,21H2,1-3H3,(H,32,34)(H,35,36). The summed E-state index contributed by atoms with van der Waals surface area (Å²) in [5.74, 6) is -0.208. The normalized spacial score (nSPS) is 10.7. The van der Waals surface area contributed by atoms with Gasteiger partial charge in [-0.3, -0.25) is 14.4 Å². The van der Waals surface area contributed by atoms with Crippen molar-refractivity contribution in [3.8, 4) is 16.9 Å². The van der Waals surface area contributed by atoms with Crippen molar-refractivity contribution in [3.05, 3.63) is 83.9 Å². The Hall–Kier alpha value is -4.13. The zero-order valence-electron chi connectivity index (χ0n) is 22.3. The van der Waals surface area contributed by atoms with Gasteiger partial charge in [0.05, 0.1) is 6.61 Å². The Kier molecular flexibility index (Phi) is 10.5. The number of nitrogens with zero attached hydrogens (tertiary/aromatic N) is 1. The van der Waals surface area contributed by atoms with Crippen LogP contribution in [0.5, 0.6) is 5.75 Å². The largest absolute Gasteiger partial charge is 0.494 e. The molecule has 3 aromatic carbocycles. The van der Waals surface area contributed by atoms with Crippen molar-refractivity contribution < 1.29 is 24.2 Å². The van der Waals surface area contributed by atoms with Gasteiger partial charge in [0.15, 0.2) is 0 Å². The number of hydrogen-bond acceptors (Lipinski definition) is 4. The molecule has 0 aliphatic heterocycles. The molecule has 3 rings (SSSR count). The Morgan fingerprint density at radius 2 is 1.63 bits per heavy atom. The van der Waals surface area contributed by atoms with Crippen molar-refractivity contribution in [2.45, 2.75) is 59.0 Å². The molecule has 38 heavy (non-hydrogen) atoms. The minimum atomic E-state index is -0.771. The highest BCUT2D eigenvalue weighted by molar-refractivity contribution is 5.95. The number of unbranched alkanes of at least 4 members (excludes halogenated alkanes) is 2. The smallest absolute Gasteiger partial charge is 0.303 e. The van der Waals surface area contributed by atoms with Gasteiger partial charge >= 0.3 is 5.97 Å². The van der Waals surface area contributed by atoms with Crippen LogP contribution < -0.4 is 10.1 Å². The molecule has 2 N–H and O–H groups in total. The van der Waals surface area contributed by atoms with Crippen LogP contribution in [0.1, 0.15) is 62.4 Å². The lowest BCUT2D eigenvalue weighted by Gasteiger charge is -2.27. The summed E-state index contributed by atoms with van der Waals surface area (Å²) in [6, 6.07) is 22.8. The molecule has 3 aromatic rings. The molecule has 0 aliphatic rings. The van der Waals surface area contributed by atoms with Gasteiger partial charge in [-0.1, -0.05) is 36.4 Å². The molecule has 7 heteroatoms. The monoisotopic (exact) mass is 516 g/mol. The molecule has 7 nitrogen and oxygen atoms in total. The maximum Gasteiger partial charge on any atom is 0.303 e. The molecule has 0 aromatic heterocycles. The molecule has 0 radical (unpaired) electrons. The Morgan fingerprint density at radius 3 is 2.32 bits per heavy atom. The molecule has 0 saturated heterocycles. The first kappa shape index (κ1) is 28.4. The van der Waals surface area contributed by atoms with Crippen LogP contribution in [-0.4, -0.2) is 40.4 Å². The van der Waals surface area contributed by atoms with Crippen LogP contribution >= 0.6 is 0 Å². The van der Waals surface area contributed by atoms with E-state index in [-0.39, 0.29) is 24.3 Å². The first-order valence-corrected chi connectivity index (χ1v) is 13.0. The summed E-state index contributed by atoms with van der Waals surface area (Å²) >= 11 is 0. The van der Waals surface area contributed by atoms with Gasteiger partial charge in [-0.15, -0.1) is 0 Å². The molecular weight excluding hydrogens is 480 g/mol. The van der Waals surface area contributed by atoms with Gasteiger partial charge < -0.3 is 20.1 Å². The van der Waals surface area contributed by atoms with Crippen molar-refractivity contribution in [3.63, 3.8) is 0 Å². The van der Waals surface area contributed by atoms with Crippen molar-refractivity contribution in [1.29, 1.82) is 0 Å². The number of carbonyl (C=O) groups is 3. The van der Waals surface area contributed by atoms with Gasteiger partial charge in [-0.25, -0.2) is 0 Å².